The Bertz CT molecular complexity index is 1030. The van der Waals surface area contributed by atoms with E-state index in [1.807, 2.05) is 24.3 Å². The highest BCUT2D eigenvalue weighted by atomic mass is 16.3. The van der Waals surface area contributed by atoms with Gasteiger partial charge < -0.3 is 14.3 Å². The third-order valence-electron chi connectivity index (χ3n) is 4.71. The normalized spacial score (nSPS) is 11.3. The molecule has 0 spiro atoms. The molecular weight excluding hydrogens is 356 g/mol. The Hall–Kier alpha value is -2.90. The number of aromatic nitrogens is 2. The molecule has 0 atom stereocenters. The maximum absolute atomic E-state index is 12.2. The van der Waals surface area contributed by atoms with Gasteiger partial charge in [-0.05, 0) is 30.3 Å². The van der Waals surface area contributed by atoms with Gasteiger partial charge in [0.15, 0.2) is 0 Å². The summed E-state index contributed by atoms with van der Waals surface area (Å²) < 4.78 is 7.98. The molecule has 0 fully saturated rings. The van der Waals surface area contributed by atoms with Gasteiger partial charge in [0, 0.05) is 45.5 Å². The van der Waals surface area contributed by atoms with Crippen molar-refractivity contribution in [2.75, 3.05) is 7.05 Å². The summed E-state index contributed by atoms with van der Waals surface area (Å²) in [6.45, 7) is 2.57. The van der Waals surface area contributed by atoms with Gasteiger partial charge in [-0.25, -0.2) is 4.79 Å². The molecule has 1 N–H and O–H groups in total. The van der Waals surface area contributed by atoms with Crippen molar-refractivity contribution in [3.63, 3.8) is 0 Å². The average molecular weight is 382 g/mol. The Morgan fingerprint density at radius 2 is 1.68 bits per heavy atom. The van der Waals surface area contributed by atoms with Crippen molar-refractivity contribution in [1.82, 2.24) is 19.4 Å². The van der Waals surface area contributed by atoms with E-state index in [0.29, 0.717) is 18.7 Å². The van der Waals surface area contributed by atoms with Crippen LogP contribution in [0.5, 0.6) is 0 Å². The highest BCUT2D eigenvalue weighted by Crippen LogP contribution is 2.13. The minimum absolute atomic E-state index is 0.262. The van der Waals surface area contributed by atoms with E-state index in [2.05, 4.69) is 29.4 Å². The fourth-order valence-corrected chi connectivity index (χ4v) is 3.24. The van der Waals surface area contributed by atoms with Crippen molar-refractivity contribution < 1.29 is 4.42 Å². The lowest BCUT2D eigenvalue weighted by molar-refractivity contribution is 0.287. The molecule has 0 saturated heterocycles. The van der Waals surface area contributed by atoms with Gasteiger partial charge in [-0.15, -0.1) is 0 Å². The smallest absolute Gasteiger partial charge is 0.330 e. The number of rotatable bonds is 8. The van der Waals surface area contributed by atoms with Crippen molar-refractivity contribution in [3.05, 3.63) is 92.1 Å². The zero-order valence-corrected chi connectivity index (χ0v) is 16.5. The van der Waals surface area contributed by atoms with Crippen LogP contribution in [0.3, 0.4) is 0 Å². The van der Waals surface area contributed by atoms with Crippen LogP contribution in [0, 0.1) is 0 Å². The first-order chi connectivity index (χ1) is 13.5. The van der Waals surface area contributed by atoms with E-state index in [9.17, 15) is 9.59 Å². The molecule has 3 rings (SSSR count). The van der Waals surface area contributed by atoms with Crippen LogP contribution in [0.15, 0.2) is 62.9 Å². The summed E-state index contributed by atoms with van der Waals surface area (Å²) in [4.78, 5) is 26.2. The lowest BCUT2D eigenvalue weighted by Crippen LogP contribution is -2.39. The quantitative estimate of drug-likeness (QED) is 0.641. The number of benzene rings is 1. The standard InChI is InChI=1S/C21H26N4O3/c1-23(15-19-9-6-10-28-19)13-17-8-5-4-7-16(17)11-22-12-18-14-24(2)21(27)25(3)20(18)26/h4-10,14,22H,11-13,15H2,1-3H3. The average Bonchev–Trinajstić information content (AvgIpc) is 3.18. The highest BCUT2D eigenvalue weighted by molar-refractivity contribution is 5.27. The van der Waals surface area contributed by atoms with Gasteiger partial charge in [-0.2, -0.15) is 0 Å². The van der Waals surface area contributed by atoms with Crippen molar-refractivity contribution in [2.24, 2.45) is 14.1 Å². The second-order valence-corrected chi connectivity index (χ2v) is 7.04. The van der Waals surface area contributed by atoms with Crippen molar-refractivity contribution in [2.45, 2.75) is 26.2 Å². The molecule has 148 valence electrons. The summed E-state index contributed by atoms with van der Waals surface area (Å²) in [7, 11) is 5.20. The van der Waals surface area contributed by atoms with Gasteiger partial charge in [-0.3, -0.25) is 14.3 Å². The molecule has 7 nitrogen and oxygen atoms in total. The van der Waals surface area contributed by atoms with Crippen LogP contribution in [-0.2, 0) is 40.3 Å². The van der Waals surface area contributed by atoms with Gasteiger partial charge in [0.2, 0.25) is 0 Å². The van der Waals surface area contributed by atoms with Crippen LogP contribution in [0.1, 0.15) is 22.5 Å². The van der Waals surface area contributed by atoms with Crippen molar-refractivity contribution in [3.8, 4) is 0 Å². The molecule has 0 saturated carbocycles. The third-order valence-corrected chi connectivity index (χ3v) is 4.71. The van der Waals surface area contributed by atoms with Crippen LogP contribution < -0.4 is 16.6 Å². The second kappa shape index (κ2) is 8.86. The Morgan fingerprint density at radius 3 is 2.39 bits per heavy atom. The molecule has 0 amide bonds. The summed E-state index contributed by atoms with van der Waals surface area (Å²) in [5, 5.41) is 3.33. The monoisotopic (exact) mass is 382 g/mol. The van der Waals surface area contributed by atoms with Crippen LogP contribution in [0.2, 0.25) is 0 Å². The van der Waals surface area contributed by atoms with Gasteiger partial charge in [-0.1, -0.05) is 24.3 Å². The van der Waals surface area contributed by atoms with E-state index < -0.39 is 0 Å². The van der Waals surface area contributed by atoms with E-state index in [1.165, 1.54) is 22.7 Å². The minimum Gasteiger partial charge on any atom is -0.468 e. The van der Waals surface area contributed by atoms with E-state index in [0.717, 1.165) is 23.4 Å². The highest BCUT2D eigenvalue weighted by Gasteiger charge is 2.09. The molecule has 1 aromatic carbocycles. The molecule has 3 aromatic rings. The van der Waals surface area contributed by atoms with Crippen LogP contribution >= 0.6 is 0 Å². The maximum Gasteiger partial charge on any atom is 0.330 e. The first-order valence-corrected chi connectivity index (χ1v) is 9.19. The van der Waals surface area contributed by atoms with E-state index in [-0.39, 0.29) is 11.2 Å². The first kappa shape index (κ1) is 19.9. The largest absolute Gasteiger partial charge is 0.468 e. The lowest BCUT2D eigenvalue weighted by atomic mass is 10.1. The predicted octanol–water partition coefficient (Wildman–Crippen LogP) is 1.60. The second-order valence-electron chi connectivity index (χ2n) is 7.04. The summed E-state index contributed by atoms with van der Waals surface area (Å²) in [5.74, 6) is 0.934. The number of furan rings is 1. The Labute approximate surface area is 163 Å². The lowest BCUT2D eigenvalue weighted by Gasteiger charge is -2.18. The number of nitrogens with zero attached hydrogens (tertiary/aromatic N) is 3. The summed E-state index contributed by atoms with van der Waals surface area (Å²) in [6.07, 6.45) is 3.28. The number of aryl methyl sites for hydroxylation is 1. The summed E-state index contributed by atoms with van der Waals surface area (Å²) in [6, 6.07) is 12.1. The zero-order chi connectivity index (χ0) is 20.1. The Morgan fingerprint density at radius 1 is 0.964 bits per heavy atom. The van der Waals surface area contributed by atoms with E-state index in [1.54, 1.807) is 19.5 Å². The van der Waals surface area contributed by atoms with E-state index >= 15 is 0 Å². The topological polar surface area (TPSA) is 72.4 Å². The fraction of sp³-hybridized carbons (Fsp3) is 0.333. The molecule has 0 radical (unpaired) electrons. The number of nitrogens with one attached hydrogen (secondary N) is 1. The van der Waals surface area contributed by atoms with Crippen LogP contribution in [-0.4, -0.2) is 21.1 Å². The third kappa shape index (κ3) is 4.68. The SMILES string of the molecule is CN(Cc1ccco1)Cc1ccccc1CNCc1cn(C)c(=O)n(C)c1=O. The van der Waals surface area contributed by atoms with Crippen molar-refractivity contribution >= 4 is 0 Å². The first-order valence-electron chi connectivity index (χ1n) is 9.19. The predicted molar refractivity (Wildman–Crippen MR) is 108 cm³/mol. The molecule has 0 aliphatic carbocycles. The van der Waals surface area contributed by atoms with E-state index in [4.69, 9.17) is 4.42 Å². The van der Waals surface area contributed by atoms with Crippen molar-refractivity contribution in [1.29, 1.82) is 0 Å². The Balaban J connectivity index is 1.64. The summed E-state index contributed by atoms with van der Waals surface area (Å²) in [5.41, 5.74) is 2.38. The molecule has 0 aliphatic rings. The number of hydrogen-bond donors (Lipinski definition) is 1. The molecule has 0 unspecified atom stereocenters. The van der Waals surface area contributed by atoms with Crippen LogP contribution in [0.25, 0.3) is 0 Å². The fourth-order valence-electron chi connectivity index (χ4n) is 3.24. The molecule has 28 heavy (non-hydrogen) atoms. The maximum atomic E-state index is 12.2. The van der Waals surface area contributed by atoms with Gasteiger partial charge >= 0.3 is 5.69 Å². The Kier molecular flexibility index (Phi) is 6.28. The molecular formula is C21H26N4O3. The zero-order valence-electron chi connectivity index (χ0n) is 16.5. The molecule has 2 heterocycles. The molecule has 0 bridgehead atoms. The van der Waals surface area contributed by atoms with Gasteiger partial charge in [0.25, 0.3) is 5.56 Å². The van der Waals surface area contributed by atoms with Crippen LogP contribution in [0.4, 0.5) is 0 Å². The molecule has 7 heteroatoms. The molecule has 2 aromatic heterocycles. The number of hydrogen-bond acceptors (Lipinski definition) is 5. The molecule has 0 aliphatic heterocycles. The summed E-state index contributed by atoms with van der Waals surface area (Å²) >= 11 is 0. The van der Waals surface area contributed by atoms with Gasteiger partial charge in [0.05, 0.1) is 12.8 Å². The minimum atomic E-state index is -0.321. The van der Waals surface area contributed by atoms with Gasteiger partial charge in [0.1, 0.15) is 5.76 Å².